The summed E-state index contributed by atoms with van der Waals surface area (Å²) >= 11 is 0. The number of hydrogen-bond donors (Lipinski definition) is 2. The Kier molecular flexibility index (Phi) is 3.09. The fourth-order valence-corrected chi connectivity index (χ4v) is 2.11. The molecule has 0 unspecified atom stereocenters. The standard InChI is InChI=1S/C15H14N4O/c1-20-14-12(6-3-7-17-14)10-4-2-5-11(8-10)13-9-18-15(16)19-13/h2-9H,1H3,(H3,16,18,19). The number of methoxy groups -OCH3 is 1. The highest BCUT2D eigenvalue weighted by atomic mass is 16.5. The molecule has 1 aromatic carbocycles. The predicted molar refractivity (Wildman–Crippen MR) is 78.2 cm³/mol. The summed E-state index contributed by atoms with van der Waals surface area (Å²) in [5.41, 5.74) is 9.48. The monoisotopic (exact) mass is 266 g/mol. The van der Waals surface area contributed by atoms with Crippen molar-refractivity contribution in [3.63, 3.8) is 0 Å². The van der Waals surface area contributed by atoms with Crippen molar-refractivity contribution < 1.29 is 4.74 Å². The number of benzene rings is 1. The normalized spacial score (nSPS) is 10.4. The molecule has 20 heavy (non-hydrogen) atoms. The number of nitrogens with one attached hydrogen (secondary N) is 1. The molecule has 0 spiro atoms. The molecule has 0 amide bonds. The molecule has 0 saturated carbocycles. The molecule has 100 valence electrons. The number of nitrogens with two attached hydrogens (primary N) is 1. The second-order valence-electron chi connectivity index (χ2n) is 4.32. The first-order valence-corrected chi connectivity index (χ1v) is 6.18. The van der Waals surface area contributed by atoms with E-state index in [0.717, 1.165) is 22.4 Å². The highest BCUT2D eigenvalue weighted by molar-refractivity contribution is 5.74. The first kappa shape index (κ1) is 12.2. The van der Waals surface area contributed by atoms with Crippen LogP contribution in [0.2, 0.25) is 0 Å². The smallest absolute Gasteiger partial charge is 0.221 e. The lowest BCUT2D eigenvalue weighted by molar-refractivity contribution is 0.399. The molecule has 0 aliphatic carbocycles. The van der Waals surface area contributed by atoms with E-state index in [1.165, 1.54) is 0 Å². The molecule has 2 heterocycles. The van der Waals surface area contributed by atoms with Gasteiger partial charge in [0.05, 0.1) is 19.0 Å². The van der Waals surface area contributed by atoms with Gasteiger partial charge in [-0.3, -0.25) is 0 Å². The third-order valence-electron chi connectivity index (χ3n) is 3.04. The van der Waals surface area contributed by atoms with E-state index in [1.807, 2.05) is 36.4 Å². The van der Waals surface area contributed by atoms with Gasteiger partial charge in [-0.1, -0.05) is 18.2 Å². The molecule has 3 aromatic rings. The number of hydrogen-bond acceptors (Lipinski definition) is 4. The molecule has 0 fully saturated rings. The van der Waals surface area contributed by atoms with Crippen LogP contribution in [0, 0.1) is 0 Å². The highest BCUT2D eigenvalue weighted by Crippen LogP contribution is 2.30. The molecule has 0 aliphatic rings. The number of nitrogen functional groups attached to an aromatic ring is 1. The molecule has 5 nitrogen and oxygen atoms in total. The average molecular weight is 266 g/mol. The van der Waals surface area contributed by atoms with Crippen molar-refractivity contribution in [2.24, 2.45) is 0 Å². The Labute approximate surface area is 116 Å². The van der Waals surface area contributed by atoms with Gasteiger partial charge in [0.25, 0.3) is 0 Å². The van der Waals surface area contributed by atoms with Crippen molar-refractivity contribution in [2.45, 2.75) is 0 Å². The van der Waals surface area contributed by atoms with Crippen LogP contribution >= 0.6 is 0 Å². The molecule has 0 saturated heterocycles. The number of ether oxygens (including phenoxy) is 1. The Morgan fingerprint density at radius 1 is 1.10 bits per heavy atom. The van der Waals surface area contributed by atoms with Crippen molar-refractivity contribution in [3.05, 3.63) is 48.8 Å². The molecule has 3 rings (SSSR count). The second kappa shape index (κ2) is 5.05. The zero-order valence-corrected chi connectivity index (χ0v) is 11.0. The van der Waals surface area contributed by atoms with E-state index in [2.05, 4.69) is 15.0 Å². The molecule has 3 N–H and O–H groups in total. The number of pyridine rings is 1. The Bertz CT molecular complexity index is 736. The Morgan fingerprint density at radius 2 is 1.95 bits per heavy atom. The minimum Gasteiger partial charge on any atom is -0.481 e. The van der Waals surface area contributed by atoms with Gasteiger partial charge in [-0.25, -0.2) is 9.97 Å². The topological polar surface area (TPSA) is 76.8 Å². The summed E-state index contributed by atoms with van der Waals surface area (Å²) in [6, 6.07) is 11.9. The van der Waals surface area contributed by atoms with Gasteiger partial charge in [0.15, 0.2) is 5.95 Å². The van der Waals surface area contributed by atoms with Crippen LogP contribution in [-0.2, 0) is 0 Å². The van der Waals surface area contributed by atoms with E-state index in [4.69, 9.17) is 10.5 Å². The van der Waals surface area contributed by atoms with Crippen molar-refractivity contribution in [1.82, 2.24) is 15.0 Å². The average Bonchev–Trinajstić information content (AvgIpc) is 2.94. The maximum absolute atomic E-state index is 5.61. The van der Waals surface area contributed by atoms with Crippen LogP contribution < -0.4 is 10.5 Å². The summed E-state index contributed by atoms with van der Waals surface area (Å²) in [5.74, 6) is 1.01. The summed E-state index contributed by atoms with van der Waals surface area (Å²) in [4.78, 5) is 11.3. The lowest BCUT2D eigenvalue weighted by atomic mass is 10.0. The maximum Gasteiger partial charge on any atom is 0.221 e. The van der Waals surface area contributed by atoms with Gasteiger partial charge in [-0.2, -0.15) is 0 Å². The van der Waals surface area contributed by atoms with E-state index in [1.54, 1.807) is 19.5 Å². The lowest BCUT2D eigenvalue weighted by Gasteiger charge is -2.08. The van der Waals surface area contributed by atoms with Crippen molar-refractivity contribution in [3.8, 4) is 28.3 Å². The summed E-state index contributed by atoms with van der Waals surface area (Å²) in [6.45, 7) is 0. The molecule has 5 heteroatoms. The van der Waals surface area contributed by atoms with Crippen LogP contribution in [-0.4, -0.2) is 22.1 Å². The van der Waals surface area contributed by atoms with Crippen LogP contribution in [0.4, 0.5) is 5.95 Å². The quantitative estimate of drug-likeness (QED) is 0.764. The number of imidazole rings is 1. The largest absolute Gasteiger partial charge is 0.481 e. The molecule has 0 atom stereocenters. The van der Waals surface area contributed by atoms with E-state index >= 15 is 0 Å². The van der Waals surface area contributed by atoms with Crippen LogP contribution in [0.15, 0.2) is 48.8 Å². The van der Waals surface area contributed by atoms with Gasteiger partial charge in [-0.05, 0) is 23.8 Å². The number of H-pyrrole nitrogens is 1. The van der Waals surface area contributed by atoms with E-state index in [9.17, 15) is 0 Å². The number of rotatable bonds is 3. The van der Waals surface area contributed by atoms with Gasteiger partial charge in [-0.15, -0.1) is 0 Å². The first-order valence-electron chi connectivity index (χ1n) is 6.18. The lowest BCUT2D eigenvalue weighted by Crippen LogP contribution is -1.91. The van der Waals surface area contributed by atoms with Gasteiger partial charge in [0, 0.05) is 17.3 Å². The van der Waals surface area contributed by atoms with Gasteiger partial charge < -0.3 is 15.5 Å². The maximum atomic E-state index is 5.61. The predicted octanol–water partition coefficient (Wildman–Crippen LogP) is 2.73. The Hall–Kier alpha value is -2.82. The fraction of sp³-hybridized carbons (Fsp3) is 0.0667. The molecule has 2 aromatic heterocycles. The zero-order valence-electron chi connectivity index (χ0n) is 11.0. The molecule has 0 radical (unpaired) electrons. The Balaban J connectivity index is 2.07. The number of anilines is 1. The third kappa shape index (κ3) is 2.21. The fourth-order valence-electron chi connectivity index (χ4n) is 2.11. The summed E-state index contributed by atoms with van der Waals surface area (Å²) in [6.07, 6.45) is 3.43. The highest BCUT2D eigenvalue weighted by Gasteiger charge is 2.08. The molecular weight excluding hydrogens is 252 g/mol. The number of aromatic amines is 1. The van der Waals surface area contributed by atoms with Gasteiger partial charge in [0.2, 0.25) is 5.88 Å². The van der Waals surface area contributed by atoms with Crippen LogP contribution in [0.1, 0.15) is 0 Å². The van der Waals surface area contributed by atoms with E-state index < -0.39 is 0 Å². The van der Waals surface area contributed by atoms with Gasteiger partial charge >= 0.3 is 0 Å². The third-order valence-corrected chi connectivity index (χ3v) is 3.04. The van der Waals surface area contributed by atoms with Crippen molar-refractivity contribution in [2.75, 3.05) is 12.8 Å². The van der Waals surface area contributed by atoms with Crippen LogP contribution in [0.5, 0.6) is 5.88 Å². The Morgan fingerprint density at radius 3 is 2.70 bits per heavy atom. The summed E-state index contributed by atoms with van der Waals surface area (Å²) in [5, 5.41) is 0. The van der Waals surface area contributed by atoms with Crippen LogP contribution in [0.25, 0.3) is 22.4 Å². The van der Waals surface area contributed by atoms with Crippen LogP contribution in [0.3, 0.4) is 0 Å². The SMILES string of the molecule is COc1ncccc1-c1cccc(-c2cnc(N)[nH]2)c1. The molecule has 0 bridgehead atoms. The van der Waals surface area contributed by atoms with Crippen molar-refractivity contribution >= 4 is 5.95 Å². The van der Waals surface area contributed by atoms with E-state index in [0.29, 0.717) is 11.8 Å². The summed E-state index contributed by atoms with van der Waals surface area (Å²) < 4.78 is 5.30. The number of aromatic nitrogens is 3. The minimum atomic E-state index is 0.407. The van der Waals surface area contributed by atoms with Crippen molar-refractivity contribution in [1.29, 1.82) is 0 Å². The molecule has 0 aliphatic heterocycles. The second-order valence-corrected chi connectivity index (χ2v) is 4.32. The van der Waals surface area contributed by atoms with E-state index in [-0.39, 0.29) is 0 Å². The number of nitrogens with zero attached hydrogens (tertiary/aromatic N) is 2. The molecular formula is C15H14N4O. The zero-order chi connectivity index (χ0) is 13.9. The summed E-state index contributed by atoms with van der Waals surface area (Å²) in [7, 11) is 1.62. The van der Waals surface area contributed by atoms with Gasteiger partial charge in [0.1, 0.15) is 0 Å². The minimum absolute atomic E-state index is 0.407. The first-order chi connectivity index (χ1) is 9.78.